The quantitative estimate of drug-likeness (QED) is 0.864. The third kappa shape index (κ3) is 3.20. The number of thiophene rings is 1. The van der Waals surface area contributed by atoms with Crippen LogP contribution in [-0.2, 0) is 13.0 Å². The maximum absolute atomic E-state index is 5.67. The topological polar surface area (TPSA) is 25.2 Å². The molecule has 0 aliphatic rings. The van der Waals surface area contributed by atoms with E-state index < -0.39 is 0 Å². The van der Waals surface area contributed by atoms with Gasteiger partial charge in [0.2, 0.25) is 0 Å². The molecule has 1 unspecified atom stereocenters. The second-order valence-corrected chi connectivity index (χ2v) is 5.59. The smallest absolute Gasteiger partial charge is 0.117 e. The van der Waals surface area contributed by atoms with Gasteiger partial charge >= 0.3 is 0 Å². The van der Waals surface area contributed by atoms with Gasteiger partial charge in [-0.05, 0) is 38.1 Å². The summed E-state index contributed by atoms with van der Waals surface area (Å²) in [6, 6.07) is 8.84. The van der Waals surface area contributed by atoms with E-state index in [0.29, 0.717) is 6.04 Å². The predicted octanol–water partition coefficient (Wildman–Crippen LogP) is 4.06. The van der Waals surface area contributed by atoms with Crippen molar-refractivity contribution in [3.05, 3.63) is 45.5 Å². The molecule has 2 rings (SSSR count). The Balaban J connectivity index is 1.89. The molecule has 17 heavy (non-hydrogen) atoms. The van der Waals surface area contributed by atoms with E-state index in [-0.39, 0.29) is 0 Å². The van der Waals surface area contributed by atoms with E-state index in [1.165, 1.54) is 9.75 Å². The molecule has 0 amide bonds. The Bertz CT molecular complexity index is 472. The number of hydrogen-bond acceptors (Lipinski definition) is 3. The van der Waals surface area contributed by atoms with E-state index in [2.05, 4.69) is 50.4 Å². The summed E-state index contributed by atoms with van der Waals surface area (Å²) in [4.78, 5) is 2.74. The van der Waals surface area contributed by atoms with Crippen LogP contribution in [0.5, 0.6) is 0 Å². The molecule has 0 saturated heterocycles. The minimum atomic E-state index is 0.379. The first-order valence-electron chi connectivity index (χ1n) is 6.06. The zero-order valence-corrected chi connectivity index (χ0v) is 11.4. The number of nitrogens with one attached hydrogen (secondary N) is 1. The van der Waals surface area contributed by atoms with Gasteiger partial charge in [0, 0.05) is 22.2 Å². The molecule has 0 radical (unpaired) electrons. The van der Waals surface area contributed by atoms with Crippen LogP contribution in [0.25, 0.3) is 0 Å². The molecule has 2 heterocycles. The molecule has 1 atom stereocenters. The van der Waals surface area contributed by atoms with Crippen LogP contribution in [0.1, 0.15) is 41.2 Å². The third-order valence-electron chi connectivity index (χ3n) is 2.84. The summed E-state index contributed by atoms with van der Waals surface area (Å²) < 4.78 is 5.67. The highest BCUT2D eigenvalue weighted by Crippen LogP contribution is 2.22. The summed E-state index contributed by atoms with van der Waals surface area (Å²) in [5.74, 6) is 2.07. The molecular weight excluding hydrogens is 230 g/mol. The zero-order valence-electron chi connectivity index (χ0n) is 10.6. The van der Waals surface area contributed by atoms with Crippen molar-refractivity contribution in [1.29, 1.82) is 0 Å². The predicted molar refractivity (Wildman–Crippen MR) is 72.4 cm³/mol. The minimum Gasteiger partial charge on any atom is -0.465 e. The van der Waals surface area contributed by atoms with Gasteiger partial charge in [0.25, 0.3) is 0 Å². The zero-order chi connectivity index (χ0) is 12.3. The van der Waals surface area contributed by atoms with Crippen LogP contribution in [0, 0.1) is 6.92 Å². The average Bonchev–Trinajstić information content (AvgIpc) is 2.94. The summed E-state index contributed by atoms with van der Waals surface area (Å²) in [5.41, 5.74) is 0. The van der Waals surface area contributed by atoms with Crippen molar-refractivity contribution < 1.29 is 4.42 Å². The van der Waals surface area contributed by atoms with E-state index in [1.807, 2.05) is 11.3 Å². The Morgan fingerprint density at radius 3 is 2.59 bits per heavy atom. The van der Waals surface area contributed by atoms with Crippen LogP contribution >= 0.6 is 11.3 Å². The lowest BCUT2D eigenvalue weighted by molar-refractivity contribution is 0.436. The van der Waals surface area contributed by atoms with Gasteiger partial charge in [-0.1, -0.05) is 6.92 Å². The number of furan rings is 1. The molecule has 2 aromatic heterocycles. The molecule has 0 aromatic carbocycles. The highest BCUT2D eigenvalue weighted by Gasteiger charge is 2.08. The van der Waals surface area contributed by atoms with Gasteiger partial charge in [-0.3, -0.25) is 0 Å². The second kappa shape index (κ2) is 5.52. The first-order valence-corrected chi connectivity index (χ1v) is 6.88. The standard InChI is InChI=1S/C14H19NOS/c1-4-12-6-7-13(16-12)9-15-11(3)14-8-5-10(2)17-14/h5-8,11,15H,4,9H2,1-3H3. The lowest BCUT2D eigenvalue weighted by Gasteiger charge is -2.10. The first kappa shape index (κ1) is 12.4. The largest absolute Gasteiger partial charge is 0.465 e. The lowest BCUT2D eigenvalue weighted by atomic mass is 10.2. The van der Waals surface area contributed by atoms with E-state index >= 15 is 0 Å². The Morgan fingerprint density at radius 1 is 1.24 bits per heavy atom. The summed E-state index contributed by atoms with van der Waals surface area (Å²) in [6.07, 6.45) is 0.958. The normalized spacial score (nSPS) is 12.9. The Labute approximate surface area is 107 Å². The van der Waals surface area contributed by atoms with Crippen molar-refractivity contribution in [2.45, 2.75) is 39.8 Å². The van der Waals surface area contributed by atoms with Gasteiger partial charge in [-0.15, -0.1) is 11.3 Å². The molecule has 0 fully saturated rings. The average molecular weight is 249 g/mol. The number of hydrogen-bond donors (Lipinski definition) is 1. The van der Waals surface area contributed by atoms with E-state index in [0.717, 1.165) is 24.5 Å². The van der Waals surface area contributed by atoms with E-state index in [1.54, 1.807) is 0 Å². The molecule has 2 aromatic rings. The van der Waals surface area contributed by atoms with Crippen molar-refractivity contribution in [3.8, 4) is 0 Å². The number of rotatable bonds is 5. The Morgan fingerprint density at radius 2 is 2.00 bits per heavy atom. The van der Waals surface area contributed by atoms with Gasteiger partial charge in [-0.25, -0.2) is 0 Å². The fraction of sp³-hybridized carbons (Fsp3) is 0.429. The molecule has 92 valence electrons. The molecule has 0 saturated carbocycles. The monoisotopic (exact) mass is 249 g/mol. The summed E-state index contributed by atoms with van der Waals surface area (Å²) in [5, 5.41) is 3.48. The van der Waals surface area contributed by atoms with Crippen molar-refractivity contribution in [2.24, 2.45) is 0 Å². The van der Waals surface area contributed by atoms with Crippen molar-refractivity contribution in [1.82, 2.24) is 5.32 Å². The van der Waals surface area contributed by atoms with Gasteiger partial charge in [0.05, 0.1) is 6.54 Å². The molecule has 0 aliphatic carbocycles. The van der Waals surface area contributed by atoms with E-state index in [9.17, 15) is 0 Å². The fourth-order valence-electron chi connectivity index (χ4n) is 1.75. The van der Waals surface area contributed by atoms with Crippen molar-refractivity contribution in [2.75, 3.05) is 0 Å². The summed E-state index contributed by atoms with van der Waals surface area (Å²) in [6.45, 7) is 7.22. The number of aryl methyl sites for hydroxylation is 2. The Hall–Kier alpha value is -1.06. The van der Waals surface area contributed by atoms with Crippen molar-refractivity contribution in [3.63, 3.8) is 0 Å². The minimum absolute atomic E-state index is 0.379. The fourth-order valence-corrected chi connectivity index (χ4v) is 2.65. The van der Waals surface area contributed by atoms with Gasteiger partial charge < -0.3 is 9.73 Å². The van der Waals surface area contributed by atoms with Gasteiger partial charge in [0.15, 0.2) is 0 Å². The highest BCUT2D eigenvalue weighted by atomic mass is 32.1. The molecule has 3 heteroatoms. The van der Waals surface area contributed by atoms with Gasteiger partial charge in [-0.2, -0.15) is 0 Å². The van der Waals surface area contributed by atoms with Crippen molar-refractivity contribution >= 4 is 11.3 Å². The van der Waals surface area contributed by atoms with Crippen LogP contribution in [0.15, 0.2) is 28.7 Å². The molecule has 0 bridgehead atoms. The molecule has 1 N–H and O–H groups in total. The third-order valence-corrected chi connectivity index (χ3v) is 4.02. The van der Waals surface area contributed by atoms with Crippen LogP contribution in [-0.4, -0.2) is 0 Å². The summed E-state index contributed by atoms with van der Waals surface area (Å²) in [7, 11) is 0. The van der Waals surface area contributed by atoms with Crippen LogP contribution < -0.4 is 5.32 Å². The molecule has 2 nitrogen and oxygen atoms in total. The molecule has 0 spiro atoms. The maximum Gasteiger partial charge on any atom is 0.117 e. The van der Waals surface area contributed by atoms with Crippen LogP contribution in [0.3, 0.4) is 0 Å². The molecule has 0 aliphatic heterocycles. The second-order valence-electron chi connectivity index (χ2n) is 4.27. The van der Waals surface area contributed by atoms with Crippen LogP contribution in [0.4, 0.5) is 0 Å². The molecular formula is C14H19NOS. The highest BCUT2D eigenvalue weighted by molar-refractivity contribution is 7.12. The van der Waals surface area contributed by atoms with E-state index in [4.69, 9.17) is 4.42 Å². The van der Waals surface area contributed by atoms with Crippen LogP contribution in [0.2, 0.25) is 0 Å². The van der Waals surface area contributed by atoms with Gasteiger partial charge in [0.1, 0.15) is 11.5 Å². The summed E-state index contributed by atoms with van der Waals surface area (Å²) >= 11 is 1.85. The lowest BCUT2D eigenvalue weighted by Crippen LogP contribution is -2.16. The first-order chi connectivity index (χ1) is 8.19. The SMILES string of the molecule is CCc1ccc(CNC(C)c2ccc(C)s2)o1. The maximum atomic E-state index is 5.67. The Kier molecular flexibility index (Phi) is 4.02.